The first kappa shape index (κ1) is 12.1. The van der Waals surface area contributed by atoms with Gasteiger partial charge in [0.2, 0.25) is 0 Å². The Kier molecular flexibility index (Phi) is 3.11. The Hall–Kier alpha value is -0.940. The molecule has 0 amide bonds. The van der Waals surface area contributed by atoms with E-state index in [4.69, 9.17) is 0 Å². The fraction of sp³-hybridized carbons (Fsp3) is 0.692. The molecule has 18 heavy (non-hydrogen) atoms. The van der Waals surface area contributed by atoms with Crippen molar-refractivity contribution in [3.05, 3.63) is 16.6 Å². The summed E-state index contributed by atoms with van der Waals surface area (Å²) < 4.78 is 0. The Balaban J connectivity index is 1.85. The third-order valence-corrected chi connectivity index (χ3v) is 5.43. The van der Waals surface area contributed by atoms with E-state index in [0.29, 0.717) is 11.8 Å². The van der Waals surface area contributed by atoms with Gasteiger partial charge in [-0.15, -0.1) is 11.3 Å². The number of carbonyl (C=O) groups is 1. The van der Waals surface area contributed by atoms with Gasteiger partial charge in [0.1, 0.15) is 11.0 Å². The number of carboxylic acids is 1. The zero-order valence-electron chi connectivity index (χ0n) is 10.5. The summed E-state index contributed by atoms with van der Waals surface area (Å²) >= 11 is 1.61. The topological polar surface area (TPSA) is 53.4 Å². The Morgan fingerprint density at radius 1 is 1.61 bits per heavy atom. The maximum absolute atomic E-state index is 11.6. The lowest BCUT2D eigenvalue weighted by Crippen LogP contribution is -2.40. The average molecular weight is 266 g/mol. The molecule has 2 fully saturated rings. The summed E-state index contributed by atoms with van der Waals surface area (Å²) in [6.07, 6.45) is 5.25. The van der Waals surface area contributed by atoms with Crippen LogP contribution in [0.1, 0.15) is 37.2 Å². The molecule has 1 saturated carbocycles. The zero-order chi connectivity index (χ0) is 12.7. The van der Waals surface area contributed by atoms with Gasteiger partial charge in [-0.05, 0) is 31.6 Å². The number of hydrogen-bond acceptors (Lipinski definition) is 4. The molecule has 4 unspecified atom stereocenters. The van der Waals surface area contributed by atoms with E-state index in [1.807, 2.05) is 5.38 Å². The molecule has 0 radical (unpaired) electrons. The van der Waals surface area contributed by atoms with Crippen molar-refractivity contribution >= 4 is 17.3 Å². The first-order valence-corrected chi connectivity index (χ1v) is 7.44. The van der Waals surface area contributed by atoms with E-state index in [-0.39, 0.29) is 12.1 Å². The largest absolute Gasteiger partial charge is 0.480 e. The Morgan fingerprint density at radius 2 is 2.44 bits per heavy atom. The van der Waals surface area contributed by atoms with Gasteiger partial charge in [0.05, 0.1) is 6.04 Å². The van der Waals surface area contributed by atoms with Crippen molar-refractivity contribution in [1.29, 1.82) is 0 Å². The van der Waals surface area contributed by atoms with Crippen LogP contribution in [0.25, 0.3) is 0 Å². The lowest BCUT2D eigenvalue weighted by Gasteiger charge is -2.28. The van der Waals surface area contributed by atoms with Gasteiger partial charge in [0.15, 0.2) is 0 Å². The van der Waals surface area contributed by atoms with Crippen LogP contribution < -0.4 is 0 Å². The van der Waals surface area contributed by atoms with Crippen LogP contribution in [0.4, 0.5) is 0 Å². The summed E-state index contributed by atoms with van der Waals surface area (Å²) in [5.41, 5.74) is 0. The van der Waals surface area contributed by atoms with Crippen LogP contribution in [0.3, 0.4) is 0 Å². The fourth-order valence-corrected chi connectivity index (χ4v) is 4.36. The highest BCUT2D eigenvalue weighted by Gasteiger charge is 2.49. The molecule has 2 aliphatic rings. The Labute approximate surface area is 111 Å². The van der Waals surface area contributed by atoms with Gasteiger partial charge in [-0.25, -0.2) is 4.98 Å². The van der Waals surface area contributed by atoms with Gasteiger partial charge in [-0.1, -0.05) is 6.42 Å². The first-order chi connectivity index (χ1) is 8.68. The normalized spacial score (nSPS) is 33.5. The fourth-order valence-electron chi connectivity index (χ4n) is 3.64. The standard InChI is InChI=1S/C13H18N2O2S/c1-8(12-14-5-6-18-12)15-7-9-3-2-4-10(9)11(15)13(16)17/h5-6,8-11H,2-4,7H2,1H3,(H,16,17). The summed E-state index contributed by atoms with van der Waals surface area (Å²) in [5, 5.41) is 12.5. The van der Waals surface area contributed by atoms with Crippen molar-refractivity contribution in [3.63, 3.8) is 0 Å². The summed E-state index contributed by atoms with van der Waals surface area (Å²) in [5.74, 6) is 0.270. The van der Waals surface area contributed by atoms with E-state index in [1.165, 1.54) is 12.8 Å². The number of fused-ring (bicyclic) bond motifs is 1. The second kappa shape index (κ2) is 4.63. The second-order valence-electron chi connectivity index (χ2n) is 5.38. The van der Waals surface area contributed by atoms with Crippen molar-refractivity contribution < 1.29 is 9.90 Å². The Bertz CT molecular complexity index is 434. The number of aliphatic carboxylic acids is 1. The van der Waals surface area contributed by atoms with Crippen LogP contribution in [-0.4, -0.2) is 33.5 Å². The number of nitrogens with zero attached hydrogens (tertiary/aromatic N) is 2. The number of carboxylic acid groups (broad SMARTS) is 1. The van der Waals surface area contributed by atoms with Gasteiger partial charge < -0.3 is 5.11 Å². The highest BCUT2D eigenvalue weighted by molar-refractivity contribution is 7.09. The molecule has 2 heterocycles. The van der Waals surface area contributed by atoms with Gasteiger partial charge >= 0.3 is 5.97 Å². The predicted molar refractivity (Wildman–Crippen MR) is 69.5 cm³/mol. The summed E-state index contributed by atoms with van der Waals surface area (Å²) in [7, 11) is 0. The highest BCUT2D eigenvalue weighted by Crippen LogP contribution is 2.45. The predicted octanol–water partition coefficient (Wildman–Crippen LogP) is 2.39. The van der Waals surface area contributed by atoms with Crippen molar-refractivity contribution in [2.45, 2.75) is 38.3 Å². The van der Waals surface area contributed by atoms with Crippen LogP contribution in [-0.2, 0) is 4.79 Å². The van der Waals surface area contributed by atoms with E-state index in [2.05, 4.69) is 16.8 Å². The minimum Gasteiger partial charge on any atom is -0.480 e. The number of hydrogen-bond donors (Lipinski definition) is 1. The van der Waals surface area contributed by atoms with Crippen LogP contribution in [0.15, 0.2) is 11.6 Å². The van der Waals surface area contributed by atoms with E-state index >= 15 is 0 Å². The van der Waals surface area contributed by atoms with E-state index in [9.17, 15) is 9.90 Å². The quantitative estimate of drug-likeness (QED) is 0.912. The smallest absolute Gasteiger partial charge is 0.321 e. The maximum atomic E-state index is 11.6. The molecule has 4 atom stereocenters. The minimum atomic E-state index is -0.659. The molecule has 5 heteroatoms. The van der Waals surface area contributed by atoms with E-state index in [0.717, 1.165) is 18.0 Å². The summed E-state index contributed by atoms with van der Waals surface area (Å²) in [6.45, 7) is 3.00. The lowest BCUT2D eigenvalue weighted by molar-refractivity contribution is -0.144. The molecule has 4 nitrogen and oxygen atoms in total. The maximum Gasteiger partial charge on any atom is 0.321 e. The summed E-state index contributed by atoms with van der Waals surface area (Å²) in [6, 6.07) is -0.187. The molecule has 1 aliphatic carbocycles. The minimum absolute atomic E-state index is 0.122. The monoisotopic (exact) mass is 266 g/mol. The molecule has 1 aliphatic heterocycles. The molecule has 0 bridgehead atoms. The third-order valence-electron chi connectivity index (χ3n) is 4.49. The summed E-state index contributed by atoms with van der Waals surface area (Å²) in [4.78, 5) is 18.1. The molecular weight excluding hydrogens is 248 g/mol. The SMILES string of the molecule is CC(c1nccs1)N1CC2CCCC2C1C(=O)O. The first-order valence-electron chi connectivity index (χ1n) is 6.56. The van der Waals surface area contributed by atoms with E-state index < -0.39 is 5.97 Å². The van der Waals surface area contributed by atoms with Gasteiger partial charge in [-0.2, -0.15) is 0 Å². The average Bonchev–Trinajstić information content (AvgIpc) is 3.03. The van der Waals surface area contributed by atoms with Crippen molar-refractivity contribution in [1.82, 2.24) is 9.88 Å². The van der Waals surface area contributed by atoms with Gasteiger partial charge in [-0.3, -0.25) is 9.69 Å². The zero-order valence-corrected chi connectivity index (χ0v) is 11.3. The molecule has 0 spiro atoms. The highest BCUT2D eigenvalue weighted by atomic mass is 32.1. The number of thiazole rings is 1. The molecule has 1 aromatic rings. The number of aromatic nitrogens is 1. The van der Waals surface area contributed by atoms with E-state index in [1.54, 1.807) is 17.5 Å². The van der Waals surface area contributed by atoms with Crippen molar-refractivity contribution in [3.8, 4) is 0 Å². The molecule has 98 valence electrons. The second-order valence-corrected chi connectivity index (χ2v) is 6.31. The van der Waals surface area contributed by atoms with Crippen LogP contribution in [0.5, 0.6) is 0 Å². The van der Waals surface area contributed by atoms with Crippen molar-refractivity contribution in [2.75, 3.05) is 6.54 Å². The molecule has 1 saturated heterocycles. The Morgan fingerprint density at radius 3 is 3.11 bits per heavy atom. The van der Waals surface area contributed by atoms with Crippen molar-refractivity contribution in [2.24, 2.45) is 11.8 Å². The lowest BCUT2D eigenvalue weighted by atomic mass is 9.94. The van der Waals surface area contributed by atoms with Gasteiger partial charge in [0, 0.05) is 18.1 Å². The van der Waals surface area contributed by atoms with Crippen LogP contribution >= 0.6 is 11.3 Å². The van der Waals surface area contributed by atoms with Gasteiger partial charge in [0.25, 0.3) is 0 Å². The molecule has 3 rings (SSSR count). The molecule has 1 aromatic heterocycles. The third kappa shape index (κ3) is 1.86. The van der Waals surface area contributed by atoms with Crippen LogP contribution in [0, 0.1) is 11.8 Å². The molecule has 0 aromatic carbocycles. The van der Waals surface area contributed by atoms with Crippen LogP contribution in [0.2, 0.25) is 0 Å². The molecule has 1 N–H and O–H groups in total. The molecular formula is C13H18N2O2S. The number of likely N-dealkylation sites (tertiary alicyclic amines) is 1. The number of rotatable bonds is 3.